The molecule has 0 spiro atoms. The van der Waals surface area contributed by atoms with Crippen LogP contribution in [0.3, 0.4) is 0 Å². The van der Waals surface area contributed by atoms with E-state index in [9.17, 15) is 0 Å². The fourth-order valence-electron chi connectivity index (χ4n) is 4.37. The van der Waals surface area contributed by atoms with E-state index in [0.29, 0.717) is 0 Å². The Balaban J connectivity index is 2.03. The maximum Gasteiger partial charge on any atom is 0.0468 e. The van der Waals surface area contributed by atoms with Crippen molar-refractivity contribution in [1.82, 2.24) is 0 Å². The van der Waals surface area contributed by atoms with Gasteiger partial charge < -0.3 is 10.5 Å². The molecular formula is C16H31NO. The number of nitrogens with two attached hydrogens (primary N) is 1. The molecule has 1 saturated heterocycles. The maximum atomic E-state index is 6.88. The Morgan fingerprint density at radius 2 is 1.83 bits per heavy atom. The van der Waals surface area contributed by atoms with E-state index < -0.39 is 0 Å². The van der Waals surface area contributed by atoms with Crippen LogP contribution in [0.4, 0.5) is 0 Å². The maximum absolute atomic E-state index is 6.88. The van der Waals surface area contributed by atoms with E-state index in [1.807, 2.05) is 0 Å². The summed E-state index contributed by atoms with van der Waals surface area (Å²) in [6.45, 7) is 8.98. The first-order valence-electron chi connectivity index (χ1n) is 7.88. The third kappa shape index (κ3) is 3.27. The topological polar surface area (TPSA) is 35.2 Å². The Labute approximate surface area is 113 Å². The number of hydrogen-bond donors (Lipinski definition) is 1. The van der Waals surface area contributed by atoms with Crippen LogP contribution in [0.2, 0.25) is 0 Å². The summed E-state index contributed by atoms with van der Waals surface area (Å²) in [5.41, 5.74) is 6.98. The van der Waals surface area contributed by atoms with E-state index in [1.165, 1.54) is 38.5 Å². The van der Waals surface area contributed by atoms with Crippen LogP contribution in [0.1, 0.15) is 59.3 Å². The molecule has 0 aromatic rings. The second-order valence-electron chi connectivity index (χ2n) is 7.23. The summed E-state index contributed by atoms with van der Waals surface area (Å²) in [5.74, 6) is 3.05. The summed E-state index contributed by atoms with van der Waals surface area (Å²) in [5, 5.41) is 0. The van der Waals surface area contributed by atoms with E-state index in [0.717, 1.165) is 36.9 Å². The fraction of sp³-hybridized carbons (Fsp3) is 1.00. The molecule has 2 nitrogen and oxygen atoms in total. The Bertz CT molecular complexity index is 260. The summed E-state index contributed by atoms with van der Waals surface area (Å²) < 4.78 is 5.48. The Morgan fingerprint density at radius 1 is 1.17 bits per heavy atom. The quantitative estimate of drug-likeness (QED) is 0.834. The van der Waals surface area contributed by atoms with E-state index >= 15 is 0 Å². The van der Waals surface area contributed by atoms with Gasteiger partial charge in [-0.05, 0) is 55.8 Å². The highest BCUT2D eigenvalue weighted by Crippen LogP contribution is 2.43. The first-order valence-corrected chi connectivity index (χ1v) is 7.88. The van der Waals surface area contributed by atoms with Gasteiger partial charge in [-0.2, -0.15) is 0 Å². The van der Waals surface area contributed by atoms with Gasteiger partial charge in [0.15, 0.2) is 0 Å². The van der Waals surface area contributed by atoms with Crippen molar-refractivity contribution >= 4 is 0 Å². The van der Waals surface area contributed by atoms with Crippen molar-refractivity contribution in [2.75, 3.05) is 13.2 Å². The van der Waals surface area contributed by atoms with Crippen LogP contribution < -0.4 is 5.73 Å². The molecule has 0 aromatic heterocycles. The number of rotatable bonds is 3. The molecule has 2 N–H and O–H groups in total. The molecule has 1 heterocycles. The molecule has 18 heavy (non-hydrogen) atoms. The van der Waals surface area contributed by atoms with Crippen LogP contribution >= 0.6 is 0 Å². The van der Waals surface area contributed by atoms with Crippen LogP contribution in [0.25, 0.3) is 0 Å². The van der Waals surface area contributed by atoms with Crippen molar-refractivity contribution in [3.05, 3.63) is 0 Å². The van der Waals surface area contributed by atoms with E-state index in [4.69, 9.17) is 10.5 Å². The molecule has 3 atom stereocenters. The molecule has 0 radical (unpaired) electrons. The first kappa shape index (κ1) is 14.3. The predicted octanol–water partition coefficient (Wildman–Crippen LogP) is 3.59. The second kappa shape index (κ2) is 5.92. The molecule has 0 aromatic carbocycles. The largest absolute Gasteiger partial charge is 0.381 e. The zero-order valence-corrected chi connectivity index (χ0v) is 12.5. The fourth-order valence-corrected chi connectivity index (χ4v) is 4.37. The average molecular weight is 253 g/mol. The third-order valence-electron chi connectivity index (χ3n) is 5.25. The summed E-state index contributed by atoms with van der Waals surface area (Å²) in [7, 11) is 0. The van der Waals surface area contributed by atoms with Crippen molar-refractivity contribution < 1.29 is 4.74 Å². The molecule has 1 aliphatic heterocycles. The van der Waals surface area contributed by atoms with E-state index in [1.54, 1.807) is 0 Å². The molecular weight excluding hydrogens is 222 g/mol. The highest BCUT2D eigenvalue weighted by Gasteiger charge is 2.42. The smallest absolute Gasteiger partial charge is 0.0468 e. The van der Waals surface area contributed by atoms with Crippen molar-refractivity contribution in [2.24, 2.45) is 29.4 Å². The molecule has 2 rings (SSSR count). The molecule has 3 unspecified atom stereocenters. The van der Waals surface area contributed by atoms with Crippen molar-refractivity contribution in [2.45, 2.75) is 64.8 Å². The minimum Gasteiger partial charge on any atom is -0.381 e. The average Bonchev–Trinajstić information content (AvgIpc) is 2.28. The third-order valence-corrected chi connectivity index (χ3v) is 5.25. The van der Waals surface area contributed by atoms with Crippen molar-refractivity contribution in [3.8, 4) is 0 Å². The van der Waals surface area contributed by atoms with Crippen LogP contribution in [-0.2, 0) is 4.74 Å². The lowest BCUT2D eigenvalue weighted by atomic mass is 9.62. The summed E-state index contributed by atoms with van der Waals surface area (Å²) in [6.07, 6.45) is 7.60. The molecule has 106 valence electrons. The van der Waals surface area contributed by atoms with Crippen molar-refractivity contribution in [1.29, 1.82) is 0 Å². The lowest BCUT2D eigenvalue weighted by Crippen LogP contribution is -2.54. The minimum atomic E-state index is 0.0911. The minimum absolute atomic E-state index is 0.0911. The molecule has 1 aliphatic carbocycles. The normalized spacial score (nSPS) is 39.2. The second-order valence-corrected chi connectivity index (χ2v) is 7.23. The SMILES string of the molecule is CC1CCC(C(C)C)C(N)(CC2CCOCC2)C1. The Morgan fingerprint density at radius 3 is 2.44 bits per heavy atom. The molecule has 2 aliphatic rings. The van der Waals surface area contributed by atoms with Gasteiger partial charge in [-0.15, -0.1) is 0 Å². The Hall–Kier alpha value is -0.0800. The van der Waals surface area contributed by atoms with Gasteiger partial charge in [-0.25, -0.2) is 0 Å². The summed E-state index contributed by atoms with van der Waals surface area (Å²) >= 11 is 0. The zero-order chi connectivity index (χ0) is 13.2. The molecule has 2 heteroatoms. The lowest BCUT2D eigenvalue weighted by Gasteiger charge is -2.48. The molecule has 0 bridgehead atoms. The van der Waals surface area contributed by atoms with Gasteiger partial charge in [0.2, 0.25) is 0 Å². The van der Waals surface area contributed by atoms with Gasteiger partial charge in [0.25, 0.3) is 0 Å². The van der Waals surface area contributed by atoms with Gasteiger partial charge in [-0.3, -0.25) is 0 Å². The molecule has 0 amide bonds. The highest BCUT2D eigenvalue weighted by molar-refractivity contribution is 4.98. The molecule has 1 saturated carbocycles. The summed E-state index contributed by atoms with van der Waals surface area (Å²) in [6, 6.07) is 0. The molecule has 2 fully saturated rings. The van der Waals surface area contributed by atoms with Crippen LogP contribution in [0.15, 0.2) is 0 Å². The van der Waals surface area contributed by atoms with Crippen molar-refractivity contribution in [3.63, 3.8) is 0 Å². The monoisotopic (exact) mass is 253 g/mol. The number of hydrogen-bond acceptors (Lipinski definition) is 2. The van der Waals surface area contributed by atoms with Gasteiger partial charge in [0.05, 0.1) is 0 Å². The van der Waals surface area contributed by atoms with Crippen LogP contribution in [0, 0.1) is 23.7 Å². The summed E-state index contributed by atoms with van der Waals surface area (Å²) in [4.78, 5) is 0. The standard InChI is InChI=1S/C16H31NO/c1-12(2)15-5-4-13(3)10-16(15,17)11-14-6-8-18-9-7-14/h12-15H,4-11,17H2,1-3H3. The van der Waals surface area contributed by atoms with Crippen LogP contribution in [-0.4, -0.2) is 18.8 Å². The van der Waals surface area contributed by atoms with Gasteiger partial charge in [0, 0.05) is 18.8 Å². The predicted molar refractivity (Wildman–Crippen MR) is 76.4 cm³/mol. The van der Waals surface area contributed by atoms with Crippen LogP contribution in [0.5, 0.6) is 0 Å². The highest BCUT2D eigenvalue weighted by atomic mass is 16.5. The lowest BCUT2D eigenvalue weighted by molar-refractivity contribution is 0.0307. The Kier molecular flexibility index (Phi) is 4.71. The number of ether oxygens (including phenoxy) is 1. The van der Waals surface area contributed by atoms with E-state index in [-0.39, 0.29) is 5.54 Å². The van der Waals surface area contributed by atoms with Gasteiger partial charge in [0.1, 0.15) is 0 Å². The van der Waals surface area contributed by atoms with Gasteiger partial charge >= 0.3 is 0 Å². The van der Waals surface area contributed by atoms with E-state index in [2.05, 4.69) is 20.8 Å². The van der Waals surface area contributed by atoms with Gasteiger partial charge in [-0.1, -0.05) is 27.2 Å². The first-order chi connectivity index (χ1) is 8.51. The zero-order valence-electron chi connectivity index (χ0n) is 12.5.